The van der Waals surface area contributed by atoms with Gasteiger partial charge in [-0.05, 0) is 59.7 Å². The van der Waals surface area contributed by atoms with E-state index in [9.17, 15) is 31.6 Å². The number of ether oxygens (including phenoxy) is 3. The third-order valence-electron chi connectivity index (χ3n) is 7.20. The summed E-state index contributed by atoms with van der Waals surface area (Å²) in [6, 6.07) is 8.34. The van der Waals surface area contributed by atoms with E-state index in [1.54, 1.807) is 0 Å². The first kappa shape index (κ1) is 33.5. The second-order valence-corrected chi connectivity index (χ2v) is 13.4. The molecule has 0 radical (unpaired) electrons. The van der Waals surface area contributed by atoms with Crippen molar-refractivity contribution in [3.63, 3.8) is 0 Å². The van der Waals surface area contributed by atoms with Crippen LogP contribution in [0.3, 0.4) is 0 Å². The molecule has 2 aromatic carbocycles. The van der Waals surface area contributed by atoms with Gasteiger partial charge >= 0.3 is 12.6 Å². The largest absolute Gasteiger partial charge is 0.489 e. The number of pyridine rings is 1. The maximum absolute atomic E-state index is 13.3. The summed E-state index contributed by atoms with van der Waals surface area (Å²) in [7, 11) is -3.51. The molecule has 16 heteroatoms. The number of nitrogens with zero attached hydrogens (tertiary/aromatic N) is 2. The summed E-state index contributed by atoms with van der Waals surface area (Å²) in [5, 5.41) is 0.357. The number of rotatable bonds is 14. The summed E-state index contributed by atoms with van der Waals surface area (Å²) in [5.74, 6) is -2.37. The molecule has 2 heterocycles. The molecule has 0 saturated heterocycles. The van der Waals surface area contributed by atoms with Crippen molar-refractivity contribution in [1.29, 1.82) is 0 Å². The normalized spacial score (nSPS) is 15.2. The van der Waals surface area contributed by atoms with Crippen LogP contribution in [-0.2, 0) is 32.5 Å². The molecule has 244 valence electrons. The maximum Gasteiger partial charge on any atom is 0.387 e. The smallest absolute Gasteiger partial charge is 0.387 e. The predicted molar refractivity (Wildman–Crippen MR) is 162 cm³/mol. The molecule has 0 bridgehead atoms. The van der Waals surface area contributed by atoms with Crippen LogP contribution < -0.4 is 14.2 Å². The predicted octanol–water partition coefficient (Wildman–Crippen LogP) is 4.95. The minimum Gasteiger partial charge on any atom is -0.489 e. The second-order valence-electron chi connectivity index (χ2n) is 10.8. The van der Waals surface area contributed by atoms with E-state index in [4.69, 9.17) is 32.7 Å². The quantitative estimate of drug-likeness (QED) is 0.183. The Morgan fingerprint density at radius 3 is 2.39 bits per heavy atom. The van der Waals surface area contributed by atoms with Crippen molar-refractivity contribution in [2.24, 2.45) is 5.92 Å². The third kappa shape index (κ3) is 8.29. The Balaban J connectivity index is 1.38. The molecule has 0 unspecified atom stereocenters. The number of alkyl halides is 2. The first-order chi connectivity index (χ1) is 21.8. The molecule has 0 spiro atoms. The zero-order chi connectivity index (χ0) is 33.2. The molecule has 2 amide bonds. The first-order valence-corrected chi connectivity index (χ1v) is 16.6. The van der Waals surface area contributed by atoms with Gasteiger partial charge < -0.3 is 14.2 Å². The summed E-state index contributed by atoms with van der Waals surface area (Å²) in [6.45, 7) is -3.69. The van der Waals surface area contributed by atoms with E-state index in [0.29, 0.717) is 21.6 Å². The van der Waals surface area contributed by atoms with Gasteiger partial charge in [-0.25, -0.2) is 13.1 Å². The van der Waals surface area contributed by atoms with Gasteiger partial charge in [0.25, 0.3) is 11.8 Å². The molecule has 11 nitrogen and oxygen atoms in total. The van der Waals surface area contributed by atoms with E-state index in [-0.39, 0.29) is 58.2 Å². The highest BCUT2D eigenvalue weighted by Gasteiger charge is 2.38. The Hall–Kier alpha value is -3.85. The number of aromatic nitrogens is 1. The highest BCUT2D eigenvalue weighted by molar-refractivity contribution is 7.88. The fourth-order valence-electron chi connectivity index (χ4n) is 4.70. The minimum absolute atomic E-state index is 0.00423. The fraction of sp³-hybridized carbons (Fsp3) is 0.333. The average molecular weight is 699 g/mol. The summed E-state index contributed by atoms with van der Waals surface area (Å²) in [5.41, 5.74) is 1.17. The van der Waals surface area contributed by atoms with Crippen LogP contribution in [0.2, 0.25) is 10.0 Å². The van der Waals surface area contributed by atoms with Crippen LogP contribution in [0.4, 0.5) is 8.78 Å². The van der Waals surface area contributed by atoms with Gasteiger partial charge in [-0.15, -0.1) is 0 Å². The molecule has 1 saturated carbocycles. The zero-order valence-corrected chi connectivity index (χ0v) is 26.5. The number of esters is 1. The lowest BCUT2D eigenvalue weighted by molar-refractivity contribution is -0.149. The lowest BCUT2D eigenvalue weighted by atomic mass is 10.0. The van der Waals surface area contributed by atoms with Gasteiger partial charge in [0, 0.05) is 25.4 Å². The van der Waals surface area contributed by atoms with E-state index in [2.05, 4.69) is 14.4 Å². The highest BCUT2D eigenvalue weighted by Crippen LogP contribution is 2.38. The van der Waals surface area contributed by atoms with Crippen LogP contribution in [-0.4, -0.2) is 62.1 Å². The number of carbonyl (C=O) groups excluding carboxylic acids is 3. The third-order valence-corrected chi connectivity index (χ3v) is 8.52. The standard InChI is InChI=1S/C30H27Cl2F2N3O8S/c1-46(41,42)36-11-17-4-6-19-20(8-17)29(40)37(28(19)39)14-27(38)44-25(10-21-22(31)12-35-13-23(21)32)18-5-7-24(45-30(33)34)26(9-18)43-15-16-2-3-16/h4-9,12-13,16,25,30,36H,2-3,10-11,14-15H2,1H3/t25-/m0/s1. The van der Waals surface area contributed by atoms with Crippen molar-refractivity contribution in [1.82, 2.24) is 14.6 Å². The number of nitrogens with one attached hydrogen (secondary N) is 1. The lowest BCUT2D eigenvalue weighted by Gasteiger charge is -2.22. The summed E-state index contributed by atoms with van der Waals surface area (Å²) >= 11 is 12.7. The SMILES string of the molecule is CS(=O)(=O)NCc1ccc2c(c1)C(=O)N(CC(=O)O[C@@H](Cc1c(Cl)cncc1Cl)c1ccc(OC(F)F)c(OCC3CC3)c1)C2=O. The molecular formula is C30H27Cl2F2N3O8S. The molecule has 1 aromatic heterocycles. The topological polar surface area (TPSA) is 141 Å². The lowest BCUT2D eigenvalue weighted by Crippen LogP contribution is -2.36. The van der Waals surface area contributed by atoms with Gasteiger partial charge in [0.1, 0.15) is 12.6 Å². The molecule has 2 aliphatic rings. The molecule has 1 N–H and O–H groups in total. The van der Waals surface area contributed by atoms with Crippen LogP contribution in [0, 0.1) is 5.92 Å². The molecule has 1 fully saturated rings. The Kier molecular flexibility index (Phi) is 10.1. The van der Waals surface area contributed by atoms with Crippen molar-refractivity contribution in [3.8, 4) is 11.5 Å². The second kappa shape index (κ2) is 13.9. The van der Waals surface area contributed by atoms with Crippen molar-refractivity contribution in [3.05, 3.63) is 86.7 Å². The summed E-state index contributed by atoms with van der Waals surface area (Å²) in [6.07, 6.45) is 4.37. The maximum atomic E-state index is 13.3. The van der Waals surface area contributed by atoms with Gasteiger partial charge in [0.15, 0.2) is 11.5 Å². The van der Waals surface area contributed by atoms with E-state index in [1.165, 1.54) is 48.8 Å². The van der Waals surface area contributed by atoms with Crippen molar-refractivity contribution in [2.75, 3.05) is 19.4 Å². The number of carbonyl (C=O) groups is 3. The molecule has 1 aliphatic heterocycles. The average Bonchev–Trinajstić information content (AvgIpc) is 3.79. The Morgan fingerprint density at radius 2 is 1.74 bits per heavy atom. The molecule has 1 atom stereocenters. The first-order valence-electron chi connectivity index (χ1n) is 13.9. The van der Waals surface area contributed by atoms with E-state index in [0.717, 1.165) is 19.1 Å². The zero-order valence-electron chi connectivity index (χ0n) is 24.2. The fourth-order valence-corrected chi connectivity index (χ4v) is 5.65. The van der Waals surface area contributed by atoms with E-state index >= 15 is 0 Å². The summed E-state index contributed by atoms with van der Waals surface area (Å²) in [4.78, 5) is 44.2. The summed E-state index contributed by atoms with van der Waals surface area (Å²) < 4.78 is 67.6. The number of fused-ring (bicyclic) bond motifs is 1. The number of benzene rings is 2. The van der Waals surface area contributed by atoms with Crippen LogP contribution in [0.25, 0.3) is 0 Å². The van der Waals surface area contributed by atoms with Gasteiger partial charge in [-0.2, -0.15) is 8.78 Å². The molecule has 3 aromatic rings. The van der Waals surface area contributed by atoms with E-state index in [1.807, 2.05) is 0 Å². The number of imide groups is 1. The van der Waals surface area contributed by atoms with Crippen molar-refractivity contribution < 1.29 is 45.8 Å². The monoisotopic (exact) mass is 697 g/mol. The van der Waals surface area contributed by atoms with Gasteiger partial charge in [-0.3, -0.25) is 24.3 Å². The van der Waals surface area contributed by atoms with Crippen LogP contribution in [0.1, 0.15) is 56.4 Å². The minimum atomic E-state index is -3.51. The Labute approximate surface area is 272 Å². The number of amides is 2. The number of halogens is 4. The van der Waals surface area contributed by atoms with Crippen LogP contribution in [0.15, 0.2) is 48.8 Å². The van der Waals surface area contributed by atoms with E-state index < -0.39 is 47.1 Å². The molecular weight excluding hydrogens is 671 g/mol. The molecule has 1 aliphatic carbocycles. The van der Waals surface area contributed by atoms with Crippen LogP contribution in [0.5, 0.6) is 11.5 Å². The van der Waals surface area contributed by atoms with Crippen molar-refractivity contribution in [2.45, 2.75) is 38.5 Å². The molecule has 5 rings (SSSR count). The number of sulfonamides is 1. The highest BCUT2D eigenvalue weighted by atomic mass is 35.5. The Morgan fingerprint density at radius 1 is 1.04 bits per heavy atom. The van der Waals surface area contributed by atoms with Crippen molar-refractivity contribution >= 4 is 51.0 Å². The number of hydrogen-bond acceptors (Lipinski definition) is 9. The van der Waals surface area contributed by atoms with Gasteiger partial charge in [-0.1, -0.05) is 35.3 Å². The number of hydrogen-bond donors (Lipinski definition) is 1. The van der Waals surface area contributed by atoms with Gasteiger partial charge in [0.2, 0.25) is 10.0 Å². The molecule has 46 heavy (non-hydrogen) atoms. The Bertz CT molecular complexity index is 1770. The van der Waals surface area contributed by atoms with Crippen LogP contribution >= 0.6 is 23.2 Å². The van der Waals surface area contributed by atoms with Gasteiger partial charge in [0.05, 0.1) is 34.0 Å².